The van der Waals surface area contributed by atoms with Crippen molar-refractivity contribution in [3.63, 3.8) is 0 Å². The minimum atomic E-state index is 0.796. The van der Waals surface area contributed by atoms with Gasteiger partial charge in [-0.3, -0.25) is 4.98 Å². The highest BCUT2D eigenvalue weighted by molar-refractivity contribution is 5.87. The average molecular weight is 308 g/mol. The predicted molar refractivity (Wildman–Crippen MR) is 93.7 cm³/mol. The largest absolute Gasteiger partial charge is 0.496 e. The third-order valence-corrected chi connectivity index (χ3v) is 3.86. The maximum Gasteiger partial charge on any atom is 0.138 e. The molecule has 1 aromatic heterocycles. The molecule has 1 N–H and O–H groups in total. The van der Waals surface area contributed by atoms with Crippen LogP contribution in [0.2, 0.25) is 0 Å². The van der Waals surface area contributed by atoms with Crippen LogP contribution in [0.3, 0.4) is 0 Å². The van der Waals surface area contributed by atoms with E-state index in [0.717, 1.165) is 45.8 Å². The van der Waals surface area contributed by atoms with E-state index >= 15 is 0 Å². The van der Waals surface area contributed by atoms with Crippen LogP contribution in [0.25, 0.3) is 10.9 Å². The van der Waals surface area contributed by atoms with Gasteiger partial charge in [0, 0.05) is 30.4 Å². The van der Waals surface area contributed by atoms with Gasteiger partial charge in [-0.15, -0.1) is 0 Å². The monoisotopic (exact) mass is 308 g/mol. The molecule has 0 fully saturated rings. The number of aromatic nitrogens is 1. The first-order valence-corrected chi connectivity index (χ1v) is 7.66. The average Bonchev–Trinajstić information content (AvgIpc) is 2.61. The topological polar surface area (TPSA) is 43.4 Å². The molecule has 0 bridgehead atoms. The maximum absolute atomic E-state index is 6.06. The van der Waals surface area contributed by atoms with Gasteiger partial charge in [0.2, 0.25) is 0 Å². The fraction of sp³-hybridized carbons (Fsp3) is 0.211. The van der Waals surface area contributed by atoms with Crippen LogP contribution in [0.15, 0.2) is 48.7 Å². The Labute approximate surface area is 136 Å². The zero-order valence-electron chi connectivity index (χ0n) is 13.6. The zero-order chi connectivity index (χ0) is 16.2. The van der Waals surface area contributed by atoms with Crippen molar-refractivity contribution in [2.75, 3.05) is 19.5 Å². The Kier molecular flexibility index (Phi) is 4.33. The Balaban J connectivity index is 2.02. The van der Waals surface area contributed by atoms with Gasteiger partial charge < -0.3 is 14.8 Å². The smallest absolute Gasteiger partial charge is 0.138 e. The summed E-state index contributed by atoms with van der Waals surface area (Å²) in [5.74, 6) is 2.46. The number of hydrogen-bond donors (Lipinski definition) is 1. The summed E-state index contributed by atoms with van der Waals surface area (Å²) in [7, 11) is 3.58. The van der Waals surface area contributed by atoms with Crippen LogP contribution >= 0.6 is 0 Å². The Hall–Kier alpha value is -2.75. The summed E-state index contributed by atoms with van der Waals surface area (Å²) in [6.07, 6.45) is 2.65. The molecule has 0 saturated heterocycles. The highest BCUT2D eigenvalue weighted by Crippen LogP contribution is 2.33. The molecule has 4 heteroatoms. The Morgan fingerprint density at radius 3 is 2.48 bits per heavy atom. The highest BCUT2D eigenvalue weighted by atomic mass is 16.5. The molecule has 0 saturated carbocycles. The SMILES string of the molecule is CCc1cc2c(Oc3ccc(NC)cc3)ccnc2cc1OC. The third-order valence-electron chi connectivity index (χ3n) is 3.86. The number of pyridine rings is 1. The number of nitrogens with one attached hydrogen (secondary N) is 1. The van der Waals surface area contributed by atoms with Gasteiger partial charge in [0.25, 0.3) is 0 Å². The second-order valence-electron chi connectivity index (χ2n) is 5.22. The second kappa shape index (κ2) is 6.57. The molecule has 0 radical (unpaired) electrons. The van der Waals surface area contributed by atoms with Gasteiger partial charge in [-0.1, -0.05) is 6.92 Å². The first-order valence-electron chi connectivity index (χ1n) is 7.66. The summed E-state index contributed by atoms with van der Waals surface area (Å²) in [5.41, 5.74) is 3.06. The fourth-order valence-electron chi connectivity index (χ4n) is 2.57. The molecule has 0 aliphatic rings. The van der Waals surface area contributed by atoms with Gasteiger partial charge in [-0.05, 0) is 48.4 Å². The molecule has 4 nitrogen and oxygen atoms in total. The zero-order valence-corrected chi connectivity index (χ0v) is 13.6. The van der Waals surface area contributed by atoms with Crippen molar-refractivity contribution in [1.29, 1.82) is 0 Å². The van der Waals surface area contributed by atoms with Gasteiger partial charge in [0.15, 0.2) is 0 Å². The highest BCUT2D eigenvalue weighted by Gasteiger charge is 2.10. The fourth-order valence-corrected chi connectivity index (χ4v) is 2.57. The van der Waals surface area contributed by atoms with Crippen molar-refractivity contribution in [2.24, 2.45) is 0 Å². The number of aryl methyl sites for hydroxylation is 1. The van der Waals surface area contributed by atoms with Crippen molar-refractivity contribution in [1.82, 2.24) is 4.98 Å². The number of methoxy groups -OCH3 is 1. The second-order valence-corrected chi connectivity index (χ2v) is 5.22. The molecule has 3 rings (SSSR count). The van der Waals surface area contributed by atoms with Gasteiger partial charge in [0.05, 0.1) is 12.6 Å². The number of hydrogen-bond acceptors (Lipinski definition) is 4. The van der Waals surface area contributed by atoms with E-state index in [0.29, 0.717) is 0 Å². The number of nitrogens with zero attached hydrogens (tertiary/aromatic N) is 1. The number of anilines is 1. The lowest BCUT2D eigenvalue weighted by atomic mass is 10.1. The molecule has 2 aromatic carbocycles. The summed E-state index contributed by atoms with van der Waals surface area (Å²) < 4.78 is 11.5. The van der Waals surface area contributed by atoms with Crippen LogP contribution in [0.4, 0.5) is 5.69 Å². The number of fused-ring (bicyclic) bond motifs is 1. The number of ether oxygens (including phenoxy) is 2. The number of benzene rings is 2. The van der Waals surface area contributed by atoms with E-state index in [1.54, 1.807) is 13.3 Å². The van der Waals surface area contributed by atoms with Crippen LogP contribution in [0.1, 0.15) is 12.5 Å². The standard InChI is InChI=1S/C19H20N2O2/c1-4-13-11-16-17(12-19(13)22-3)21-10-9-18(16)23-15-7-5-14(20-2)6-8-15/h5-12,20H,4H2,1-3H3. The molecule has 0 unspecified atom stereocenters. The van der Waals surface area contributed by atoms with Crippen molar-refractivity contribution in [2.45, 2.75) is 13.3 Å². The number of rotatable bonds is 5. The van der Waals surface area contributed by atoms with Crippen LogP contribution in [0, 0.1) is 0 Å². The lowest BCUT2D eigenvalue weighted by Gasteiger charge is -2.12. The first kappa shape index (κ1) is 15.2. The van der Waals surface area contributed by atoms with Crippen molar-refractivity contribution in [3.8, 4) is 17.2 Å². The quantitative estimate of drug-likeness (QED) is 0.745. The molecular weight excluding hydrogens is 288 g/mol. The van der Waals surface area contributed by atoms with Crippen LogP contribution in [-0.2, 0) is 6.42 Å². The van der Waals surface area contributed by atoms with Gasteiger partial charge in [-0.25, -0.2) is 0 Å². The van der Waals surface area contributed by atoms with Gasteiger partial charge in [-0.2, -0.15) is 0 Å². The van der Waals surface area contributed by atoms with E-state index in [9.17, 15) is 0 Å². The van der Waals surface area contributed by atoms with E-state index in [-0.39, 0.29) is 0 Å². The summed E-state index contributed by atoms with van der Waals surface area (Å²) in [6.45, 7) is 2.11. The van der Waals surface area contributed by atoms with E-state index in [4.69, 9.17) is 9.47 Å². The molecule has 0 aliphatic carbocycles. The molecule has 0 aliphatic heterocycles. The summed E-state index contributed by atoms with van der Waals surface area (Å²) in [6, 6.07) is 13.8. The Morgan fingerprint density at radius 2 is 1.83 bits per heavy atom. The van der Waals surface area contributed by atoms with Gasteiger partial charge >= 0.3 is 0 Å². The minimum absolute atomic E-state index is 0.796. The molecule has 23 heavy (non-hydrogen) atoms. The van der Waals surface area contributed by atoms with E-state index in [2.05, 4.69) is 23.3 Å². The van der Waals surface area contributed by atoms with E-state index in [1.807, 2.05) is 43.4 Å². The lowest BCUT2D eigenvalue weighted by Crippen LogP contribution is -1.94. The van der Waals surface area contributed by atoms with E-state index < -0.39 is 0 Å². The van der Waals surface area contributed by atoms with Gasteiger partial charge in [0.1, 0.15) is 17.2 Å². The van der Waals surface area contributed by atoms with Crippen molar-refractivity contribution in [3.05, 3.63) is 54.2 Å². The first-order chi connectivity index (χ1) is 11.2. The minimum Gasteiger partial charge on any atom is -0.496 e. The lowest BCUT2D eigenvalue weighted by molar-refractivity contribution is 0.410. The Morgan fingerprint density at radius 1 is 1.04 bits per heavy atom. The van der Waals surface area contributed by atoms with Crippen LogP contribution in [0.5, 0.6) is 17.2 Å². The third kappa shape index (κ3) is 3.06. The van der Waals surface area contributed by atoms with Crippen molar-refractivity contribution < 1.29 is 9.47 Å². The predicted octanol–water partition coefficient (Wildman–Crippen LogP) is 4.64. The molecule has 0 atom stereocenters. The molecule has 1 heterocycles. The van der Waals surface area contributed by atoms with Crippen molar-refractivity contribution >= 4 is 16.6 Å². The molecule has 3 aromatic rings. The molecule has 0 amide bonds. The van der Waals surface area contributed by atoms with Crippen LogP contribution in [-0.4, -0.2) is 19.1 Å². The molecular formula is C19H20N2O2. The van der Waals surface area contributed by atoms with E-state index in [1.165, 1.54) is 0 Å². The summed E-state index contributed by atoms with van der Waals surface area (Å²) in [4.78, 5) is 4.42. The molecule has 0 spiro atoms. The molecule has 118 valence electrons. The summed E-state index contributed by atoms with van der Waals surface area (Å²) >= 11 is 0. The van der Waals surface area contributed by atoms with Crippen LogP contribution < -0.4 is 14.8 Å². The maximum atomic E-state index is 6.06. The normalized spacial score (nSPS) is 10.6. The Bertz CT molecular complexity index is 813. The summed E-state index contributed by atoms with van der Waals surface area (Å²) in [5, 5.41) is 4.08.